The van der Waals surface area contributed by atoms with Gasteiger partial charge in [0.15, 0.2) is 0 Å². The number of piperidine rings is 1. The summed E-state index contributed by atoms with van der Waals surface area (Å²) in [5.41, 5.74) is 5.75. The standard InChI is InChI=1S/C20H27FN6O4S/c1-32(30,31)26-7-6-16(15(21)11-26)24-20-23-10-13-8-12(9-17(22)28)19(29)27(18(13)25-20)14-4-2-3-5-14/h8,10,14-16H,2-7,9,11H2,1H3,(H2,22,28)(H,23,24,25)/t15-,16-/m0/s1. The van der Waals surface area contributed by atoms with Gasteiger partial charge in [-0.25, -0.2) is 17.8 Å². The molecule has 1 amide bonds. The number of hydrogen-bond donors (Lipinski definition) is 2. The number of sulfonamides is 1. The fraction of sp³-hybridized carbons (Fsp3) is 0.600. The van der Waals surface area contributed by atoms with Crippen molar-refractivity contribution < 1.29 is 17.6 Å². The number of hydrogen-bond acceptors (Lipinski definition) is 7. The van der Waals surface area contributed by atoms with Crippen molar-refractivity contribution in [1.29, 1.82) is 0 Å². The Morgan fingerprint density at radius 2 is 2.03 bits per heavy atom. The van der Waals surface area contributed by atoms with Gasteiger partial charge in [-0.1, -0.05) is 12.8 Å². The molecule has 2 atom stereocenters. The molecule has 0 aromatic carbocycles. The first-order valence-electron chi connectivity index (χ1n) is 10.7. The Kier molecular flexibility index (Phi) is 6.17. The summed E-state index contributed by atoms with van der Waals surface area (Å²) in [6.07, 6.45) is 4.94. The van der Waals surface area contributed by atoms with Crippen molar-refractivity contribution in [2.24, 2.45) is 5.73 Å². The van der Waals surface area contributed by atoms with Crippen molar-refractivity contribution in [2.75, 3.05) is 24.7 Å². The number of fused-ring (bicyclic) bond motifs is 1. The Morgan fingerprint density at radius 3 is 2.66 bits per heavy atom. The number of amides is 1. The molecule has 2 aliphatic rings. The molecule has 0 bridgehead atoms. The first-order valence-corrected chi connectivity index (χ1v) is 12.5. The van der Waals surface area contributed by atoms with Crippen LogP contribution in [0.1, 0.15) is 43.7 Å². The van der Waals surface area contributed by atoms with Crippen LogP contribution in [0, 0.1) is 0 Å². The number of halogens is 1. The fourth-order valence-electron chi connectivity index (χ4n) is 4.57. The van der Waals surface area contributed by atoms with E-state index in [1.54, 1.807) is 16.8 Å². The lowest BCUT2D eigenvalue weighted by Crippen LogP contribution is -2.49. The van der Waals surface area contributed by atoms with E-state index in [1.165, 1.54) is 0 Å². The van der Waals surface area contributed by atoms with Crippen molar-refractivity contribution in [2.45, 2.75) is 56.8 Å². The molecule has 0 radical (unpaired) electrons. The number of rotatable bonds is 6. The highest BCUT2D eigenvalue weighted by Crippen LogP contribution is 2.31. The van der Waals surface area contributed by atoms with Gasteiger partial charge >= 0.3 is 0 Å². The molecule has 3 heterocycles. The zero-order chi connectivity index (χ0) is 23.0. The predicted octanol–water partition coefficient (Wildman–Crippen LogP) is 0.718. The number of carbonyl (C=O) groups excluding carboxylic acids is 1. The highest BCUT2D eigenvalue weighted by atomic mass is 32.2. The lowest BCUT2D eigenvalue weighted by atomic mass is 10.1. The molecular weight excluding hydrogens is 439 g/mol. The van der Waals surface area contributed by atoms with Crippen molar-refractivity contribution in [3.63, 3.8) is 0 Å². The quantitative estimate of drug-likeness (QED) is 0.639. The minimum Gasteiger partial charge on any atom is -0.369 e. The van der Waals surface area contributed by atoms with Gasteiger partial charge in [-0.15, -0.1) is 0 Å². The largest absolute Gasteiger partial charge is 0.369 e. The van der Waals surface area contributed by atoms with Gasteiger partial charge in [0.1, 0.15) is 11.8 Å². The van der Waals surface area contributed by atoms with E-state index < -0.39 is 28.1 Å². The van der Waals surface area contributed by atoms with Crippen molar-refractivity contribution in [3.05, 3.63) is 28.2 Å². The maximum atomic E-state index is 14.7. The van der Waals surface area contributed by atoms with Gasteiger partial charge < -0.3 is 11.1 Å². The molecule has 0 unspecified atom stereocenters. The average molecular weight is 467 g/mol. The van der Waals surface area contributed by atoms with Crippen molar-refractivity contribution in [1.82, 2.24) is 18.8 Å². The van der Waals surface area contributed by atoms with Crippen molar-refractivity contribution in [3.8, 4) is 0 Å². The molecule has 1 saturated heterocycles. The van der Waals surface area contributed by atoms with Crippen LogP contribution in [0.5, 0.6) is 0 Å². The minimum atomic E-state index is -3.45. The van der Waals surface area contributed by atoms with Gasteiger partial charge in [0.2, 0.25) is 21.9 Å². The van der Waals surface area contributed by atoms with Crippen LogP contribution in [0.4, 0.5) is 10.3 Å². The van der Waals surface area contributed by atoms with Crippen LogP contribution >= 0.6 is 0 Å². The first kappa shape index (κ1) is 22.6. The molecule has 3 N–H and O–H groups in total. The van der Waals surface area contributed by atoms with E-state index in [4.69, 9.17) is 5.73 Å². The van der Waals surface area contributed by atoms with E-state index in [1.807, 2.05) is 0 Å². The second kappa shape index (κ2) is 8.74. The number of aromatic nitrogens is 3. The Balaban J connectivity index is 1.67. The predicted molar refractivity (Wildman–Crippen MR) is 118 cm³/mol. The molecule has 1 aliphatic heterocycles. The van der Waals surface area contributed by atoms with E-state index in [9.17, 15) is 22.4 Å². The zero-order valence-corrected chi connectivity index (χ0v) is 18.6. The third-order valence-electron chi connectivity index (χ3n) is 6.19. The molecular formula is C20H27FN6O4S. The van der Waals surface area contributed by atoms with Gasteiger partial charge in [-0.2, -0.15) is 9.29 Å². The highest BCUT2D eigenvalue weighted by molar-refractivity contribution is 7.88. The SMILES string of the molecule is CS(=O)(=O)N1CC[C@H](Nc2ncc3cc(CC(N)=O)c(=O)n(C4CCCC4)c3n2)[C@@H](F)C1. The summed E-state index contributed by atoms with van der Waals surface area (Å²) in [6.45, 7) is -0.0267. The summed E-state index contributed by atoms with van der Waals surface area (Å²) < 4.78 is 40.8. The molecule has 32 heavy (non-hydrogen) atoms. The van der Waals surface area contributed by atoms with Crippen LogP contribution in [0.3, 0.4) is 0 Å². The first-order chi connectivity index (χ1) is 15.1. The monoisotopic (exact) mass is 466 g/mol. The molecule has 0 spiro atoms. The van der Waals surface area contributed by atoms with Gasteiger partial charge in [-0.3, -0.25) is 14.2 Å². The number of alkyl halides is 1. The number of nitrogens with two attached hydrogens (primary N) is 1. The third-order valence-corrected chi connectivity index (χ3v) is 7.46. The maximum Gasteiger partial charge on any atom is 0.256 e. The molecule has 1 saturated carbocycles. The van der Waals surface area contributed by atoms with E-state index >= 15 is 0 Å². The van der Waals surface area contributed by atoms with E-state index in [2.05, 4.69) is 15.3 Å². The number of carbonyl (C=O) groups is 1. The fourth-order valence-corrected chi connectivity index (χ4v) is 5.42. The number of anilines is 1. The molecule has 2 aromatic heterocycles. The van der Waals surface area contributed by atoms with Gasteiger partial charge in [0.05, 0.1) is 18.7 Å². The molecule has 12 heteroatoms. The van der Waals surface area contributed by atoms with Crippen LogP contribution in [0.15, 0.2) is 17.1 Å². The lowest BCUT2D eigenvalue weighted by Gasteiger charge is -2.33. The topological polar surface area (TPSA) is 140 Å². The summed E-state index contributed by atoms with van der Waals surface area (Å²) in [5, 5.41) is 3.57. The summed E-state index contributed by atoms with van der Waals surface area (Å²) in [6, 6.07) is 0.902. The Labute approximate surface area is 185 Å². The van der Waals surface area contributed by atoms with Crippen LogP contribution in [-0.2, 0) is 21.2 Å². The summed E-state index contributed by atoms with van der Waals surface area (Å²) >= 11 is 0. The molecule has 2 aromatic rings. The Morgan fingerprint density at radius 1 is 1.31 bits per heavy atom. The van der Waals surface area contributed by atoms with Crippen LogP contribution < -0.4 is 16.6 Å². The second-order valence-electron chi connectivity index (χ2n) is 8.58. The van der Waals surface area contributed by atoms with Crippen LogP contribution in [-0.4, -0.2) is 64.7 Å². The molecule has 4 rings (SSSR count). The molecule has 2 fully saturated rings. The van der Waals surface area contributed by atoms with Crippen LogP contribution in [0.25, 0.3) is 11.0 Å². The number of nitrogens with zero attached hydrogens (tertiary/aromatic N) is 4. The normalized spacial score (nSPS) is 22.9. The van der Waals surface area contributed by atoms with E-state index in [0.29, 0.717) is 16.6 Å². The molecule has 10 nitrogen and oxygen atoms in total. The summed E-state index contributed by atoms with van der Waals surface area (Å²) in [7, 11) is -3.45. The van der Waals surface area contributed by atoms with E-state index in [0.717, 1.165) is 36.2 Å². The molecule has 1 aliphatic carbocycles. The van der Waals surface area contributed by atoms with Crippen LogP contribution in [0.2, 0.25) is 0 Å². The van der Waals surface area contributed by atoms with Gasteiger partial charge in [0, 0.05) is 36.3 Å². The number of nitrogens with one attached hydrogen (secondary N) is 1. The Bertz CT molecular complexity index is 1190. The van der Waals surface area contributed by atoms with E-state index in [-0.39, 0.29) is 43.5 Å². The van der Waals surface area contributed by atoms with Gasteiger partial charge in [-0.05, 0) is 25.3 Å². The Hall–Kier alpha value is -2.60. The summed E-state index contributed by atoms with van der Waals surface area (Å²) in [5.74, 6) is -0.417. The molecule has 174 valence electrons. The smallest absolute Gasteiger partial charge is 0.256 e. The highest BCUT2D eigenvalue weighted by Gasteiger charge is 2.33. The summed E-state index contributed by atoms with van der Waals surface area (Å²) in [4.78, 5) is 33.4. The average Bonchev–Trinajstić information content (AvgIpc) is 3.23. The van der Waals surface area contributed by atoms with Gasteiger partial charge in [0.25, 0.3) is 5.56 Å². The lowest BCUT2D eigenvalue weighted by molar-refractivity contribution is -0.117. The zero-order valence-electron chi connectivity index (χ0n) is 17.8. The minimum absolute atomic E-state index is 0.0347. The van der Waals surface area contributed by atoms with Crippen molar-refractivity contribution >= 4 is 32.9 Å². The number of pyridine rings is 1. The third kappa shape index (κ3) is 4.60. The maximum absolute atomic E-state index is 14.7. The second-order valence-corrected chi connectivity index (χ2v) is 10.6. The number of primary amides is 1.